The molecule has 0 atom stereocenters. The summed E-state index contributed by atoms with van der Waals surface area (Å²) in [6.45, 7) is 3.54. The molecule has 1 aliphatic heterocycles. The lowest BCUT2D eigenvalue weighted by atomic mass is 9.93. The second-order valence-electron chi connectivity index (χ2n) is 11.3. The van der Waals surface area contributed by atoms with Gasteiger partial charge >= 0.3 is 5.97 Å². The van der Waals surface area contributed by atoms with Gasteiger partial charge < -0.3 is 15.4 Å². The number of hydrogen-bond donors (Lipinski definition) is 3. The molecule has 0 aromatic heterocycles. The number of benzene rings is 4. The Balaban J connectivity index is 0.000000369. The Morgan fingerprint density at radius 2 is 1.39 bits per heavy atom. The van der Waals surface area contributed by atoms with E-state index in [1.54, 1.807) is 12.1 Å². The zero-order valence-electron chi connectivity index (χ0n) is 25.8. The molecule has 5 rings (SSSR count). The summed E-state index contributed by atoms with van der Waals surface area (Å²) in [5.74, 6) is 0.162. The highest BCUT2D eigenvalue weighted by atomic mass is 32.2. The van der Waals surface area contributed by atoms with Crippen molar-refractivity contribution >= 4 is 27.8 Å². The molecule has 240 valence electrons. The summed E-state index contributed by atoms with van der Waals surface area (Å²) in [5.41, 5.74) is 11.0. The molecule has 0 unspecified atom stereocenters. The summed E-state index contributed by atoms with van der Waals surface area (Å²) >= 11 is 0. The van der Waals surface area contributed by atoms with Gasteiger partial charge in [0.05, 0.1) is 11.5 Å². The smallest absolute Gasteiger partial charge is 0.306 e. The molecule has 0 aliphatic carbocycles. The van der Waals surface area contributed by atoms with Gasteiger partial charge in [0.2, 0.25) is 0 Å². The topological polar surface area (TPSA) is 151 Å². The fraction of sp³-hybridized carbons (Fsp3) is 0.250. The SMILES string of the molecule is Cc1ccc(S(=O)(=O)O)cc1.N=C(N)c1ccc(-c2ccc(C(=O)N3CCC(CC(=O)OCCc4ccccc4)CC3)cc2)cc1. The van der Waals surface area contributed by atoms with Crippen molar-refractivity contribution < 1.29 is 27.3 Å². The number of aryl methyl sites for hydroxylation is 1. The molecule has 0 radical (unpaired) electrons. The highest BCUT2D eigenvalue weighted by Gasteiger charge is 2.25. The predicted molar refractivity (Wildman–Crippen MR) is 178 cm³/mol. The molecule has 1 amide bonds. The van der Waals surface area contributed by atoms with E-state index in [-0.39, 0.29) is 28.5 Å². The first-order valence-corrected chi connectivity index (χ1v) is 16.5. The first-order chi connectivity index (χ1) is 22.0. The lowest BCUT2D eigenvalue weighted by Crippen LogP contribution is -2.39. The summed E-state index contributed by atoms with van der Waals surface area (Å²) in [4.78, 5) is 27.0. The third-order valence-corrected chi connectivity index (χ3v) is 8.70. The number of ether oxygens (including phenoxy) is 1. The standard InChI is InChI=1S/C29H31N3O3.C7H8O3S/c30-28(31)25-10-6-23(7-11-25)24-8-12-26(13-9-24)29(34)32-17-14-22(15-18-32)20-27(33)35-19-16-21-4-2-1-3-5-21;1-6-2-4-7(5-3-6)11(8,9)10/h1-13,22H,14-20H2,(H3,30,31);2-5H,1H3,(H,8,9,10). The lowest BCUT2D eigenvalue weighted by molar-refractivity contribution is -0.145. The highest BCUT2D eigenvalue weighted by molar-refractivity contribution is 7.85. The Bertz CT molecular complexity index is 1720. The molecular formula is C36H39N3O6S. The second kappa shape index (κ2) is 16.0. The van der Waals surface area contributed by atoms with Gasteiger partial charge in [0.1, 0.15) is 5.84 Å². The van der Waals surface area contributed by atoms with E-state index in [2.05, 4.69) is 0 Å². The molecule has 1 fully saturated rings. The van der Waals surface area contributed by atoms with E-state index < -0.39 is 10.1 Å². The molecule has 0 bridgehead atoms. The van der Waals surface area contributed by atoms with E-state index in [0.717, 1.165) is 41.5 Å². The number of hydrogen-bond acceptors (Lipinski definition) is 6. The monoisotopic (exact) mass is 641 g/mol. The molecule has 1 heterocycles. The number of nitrogens with zero attached hydrogens (tertiary/aromatic N) is 1. The van der Waals surface area contributed by atoms with E-state index in [0.29, 0.717) is 37.2 Å². The summed E-state index contributed by atoms with van der Waals surface area (Å²) in [7, 11) is -4.02. The van der Waals surface area contributed by atoms with Gasteiger partial charge in [-0.15, -0.1) is 0 Å². The Hall–Kier alpha value is -4.80. The fourth-order valence-electron chi connectivity index (χ4n) is 5.10. The van der Waals surface area contributed by atoms with Gasteiger partial charge in [0.15, 0.2) is 0 Å². The van der Waals surface area contributed by atoms with Crippen molar-refractivity contribution in [3.05, 3.63) is 125 Å². The maximum Gasteiger partial charge on any atom is 0.306 e. The fourth-order valence-corrected chi connectivity index (χ4v) is 5.58. The zero-order valence-corrected chi connectivity index (χ0v) is 26.6. The number of likely N-dealkylation sites (tertiary alicyclic amines) is 1. The molecule has 4 aromatic rings. The van der Waals surface area contributed by atoms with E-state index in [1.807, 2.05) is 90.7 Å². The average molecular weight is 642 g/mol. The van der Waals surface area contributed by atoms with Crippen molar-refractivity contribution in [2.75, 3.05) is 19.7 Å². The van der Waals surface area contributed by atoms with Crippen LogP contribution in [-0.4, -0.2) is 55.3 Å². The Morgan fingerprint density at radius 1 is 0.848 bits per heavy atom. The van der Waals surface area contributed by atoms with Crippen LogP contribution in [0.1, 0.15) is 46.3 Å². The van der Waals surface area contributed by atoms with Crippen molar-refractivity contribution in [2.24, 2.45) is 11.7 Å². The number of piperidine rings is 1. The molecule has 1 saturated heterocycles. The first kappa shape index (κ1) is 34.1. The summed E-state index contributed by atoms with van der Waals surface area (Å²) < 4.78 is 35.0. The van der Waals surface area contributed by atoms with Crippen molar-refractivity contribution in [3.8, 4) is 11.1 Å². The number of nitrogen functional groups attached to an aromatic ring is 1. The maximum atomic E-state index is 13.0. The lowest BCUT2D eigenvalue weighted by Gasteiger charge is -2.31. The average Bonchev–Trinajstić information content (AvgIpc) is 3.05. The van der Waals surface area contributed by atoms with Crippen LogP contribution in [-0.2, 0) is 26.1 Å². The molecule has 4 aromatic carbocycles. The van der Waals surface area contributed by atoms with Gasteiger partial charge in [0.25, 0.3) is 16.0 Å². The van der Waals surface area contributed by atoms with Crippen LogP contribution in [0.3, 0.4) is 0 Å². The van der Waals surface area contributed by atoms with Crippen molar-refractivity contribution in [1.29, 1.82) is 5.41 Å². The number of carbonyl (C=O) groups excluding carboxylic acids is 2. The van der Waals surface area contributed by atoms with Gasteiger partial charge in [-0.25, -0.2) is 0 Å². The van der Waals surface area contributed by atoms with Gasteiger partial charge in [-0.1, -0.05) is 84.4 Å². The minimum atomic E-state index is -4.02. The normalized spacial score (nSPS) is 13.3. The minimum Gasteiger partial charge on any atom is -0.465 e. The molecule has 1 aliphatic rings. The Morgan fingerprint density at radius 3 is 1.91 bits per heavy atom. The van der Waals surface area contributed by atoms with Crippen LogP contribution in [0.15, 0.2) is 108 Å². The van der Waals surface area contributed by atoms with Crippen LogP contribution in [0.2, 0.25) is 0 Å². The van der Waals surface area contributed by atoms with Crippen molar-refractivity contribution in [1.82, 2.24) is 4.90 Å². The predicted octanol–water partition coefficient (Wildman–Crippen LogP) is 5.91. The summed E-state index contributed by atoms with van der Waals surface area (Å²) in [5, 5.41) is 7.50. The molecular weight excluding hydrogens is 602 g/mol. The molecule has 9 nitrogen and oxygen atoms in total. The van der Waals surface area contributed by atoms with Crippen LogP contribution >= 0.6 is 0 Å². The largest absolute Gasteiger partial charge is 0.465 e. The third-order valence-electron chi connectivity index (χ3n) is 7.83. The number of esters is 1. The number of rotatable bonds is 9. The van der Waals surface area contributed by atoms with Crippen LogP contribution in [0.5, 0.6) is 0 Å². The maximum absolute atomic E-state index is 13.0. The van der Waals surface area contributed by atoms with Crippen molar-refractivity contribution in [3.63, 3.8) is 0 Å². The molecule has 46 heavy (non-hydrogen) atoms. The quantitative estimate of drug-likeness (QED) is 0.0890. The van der Waals surface area contributed by atoms with E-state index in [9.17, 15) is 18.0 Å². The van der Waals surface area contributed by atoms with Crippen LogP contribution in [0.4, 0.5) is 0 Å². The minimum absolute atomic E-state index is 0.0207. The third kappa shape index (κ3) is 10.1. The van der Waals surface area contributed by atoms with Crippen LogP contribution in [0, 0.1) is 18.3 Å². The number of amides is 1. The number of nitrogens with two attached hydrogens (primary N) is 1. The molecule has 4 N–H and O–H groups in total. The number of nitrogens with one attached hydrogen (secondary N) is 1. The van der Waals surface area contributed by atoms with E-state index >= 15 is 0 Å². The first-order valence-electron chi connectivity index (χ1n) is 15.1. The Kier molecular flexibility index (Phi) is 11.8. The Labute approximate surface area is 270 Å². The molecule has 0 saturated carbocycles. The van der Waals surface area contributed by atoms with Gasteiger partial charge in [-0.2, -0.15) is 8.42 Å². The van der Waals surface area contributed by atoms with E-state index in [1.165, 1.54) is 12.1 Å². The zero-order chi connectivity index (χ0) is 33.1. The van der Waals surface area contributed by atoms with Crippen LogP contribution in [0.25, 0.3) is 11.1 Å². The molecule has 0 spiro atoms. The summed E-state index contributed by atoms with van der Waals surface area (Å²) in [6, 6.07) is 31.0. The van der Waals surface area contributed by atoms with Gasteiger partial charge in [-0.05, 0) is 66.6 Å². The van der Waals surface area contributed by atoms with Gasteiger partial charge in [-0.3, -0.25) is 19.6 Å². The highest BCUT2D eigenvalue weighted by Crippen LogP contribution is 2.24. The van der Waals surface area contributed by atoms with Gasteiger partial charge in [0, 0.05) is 37.1 Å². The number of amidine groups is 1. The second-order valence-corrected chi connectivity index (χ2v) is 12.7. The van der Waals surface area contributed by atoms with Crippen LogP contribution < -0.4 is 5.73 Å². The number of carbonyl (C=O) groups is 2. The summed E-state index contributed by atoms with van der Waals surface area (Å²) in [6.07, 6.45) is 2.75. The van der Waals surface area contributed by atoms with Crippen molar-refractivity contribution in [2.45, 2.75) is 37.5 Å². The molecule has 10 heteroatoms. The van der Waals surface area contributed by atoms with E-state index in [4.69, 9.17) is 20.4 Å².